The summed E-state index contributed by atoms with van der Waals surface area (Å²) in [4.78, 5) is 4.24. The molecule has 0 amide bonds. The van der Waals surface area contributed by atoms with Gasteiger partial charge in [0.25, 0.3) is 0 Å². The Morgan fingerprint density at radius 3 is 3.14 bits per heavy atom. The Bertz CT molecular complexity index is 498. The molecule has 2 nitrogen and oxygen atoms in total. The molecule has 0 saturated carbocycles. The van der Waals surface area contributed by atoms with Gasteiger partial charge in [0.15, 0.2) is 0 Å². The van der Waals surface area contributed by atoms with E-state index in [1.807, 2.05) is 17.8 Å². The van der Waals surface area contributed by atoms with Gasteiger partial charge in [-0.2, -0.15) is 0 Å². The summed E-state index contributed by atoms with van der Waals surface area (Å²) in [7, 11) is 0. The van der Waals surface area contributed by atoms with Crippen LogP contribution in [0.4, 0.5) is 0 Å². The van der Waals surface area contributed by atoms with E-state index < -0.39 is 0 Å². The summed E-state index contributed by atoms with van der Waals surface area (Å²) in [6, 6.07) is 2.50. The predicted molar refractivity (Wildman–Crippen MR) is 63.4 cm³/mol. The van der Waals surface area contributed by atoms with E-state index in [0.29, 0.717) is 6.04 Å². The normalized spacial score (nSPS) is 13.3. The molecule has 2 heterocycles. The second-order valence-corrected chi connectivity index (χ2v) is 4.59. The number of aromatic nitrogens is 2. The monoisotopic (exact) mass is 224 g/mol. The maximum atomic E-state index is 5.42. The van der Waals surface area contributed by atoms with Gasteiger partial charge in [-0.15, -0.1) is 11.3 Å². The molecule has 14 heavy (non-hydrogen) atoms. The third-order valence-electron chi connectivity index (χ3n) is 2.48. The highest BCUT2D eigenvalue weighted by Gasteiger charge is 2.05. The molecule has 2 aromatic rings. The number of rotatable bonds is 2. The van der Waals surface area contributed by atoms with Crippen molar-refractivity contribution >= 4 is 33.8 Å². The van der Waals surface area contributed by atoms with Crippen molar-refractivity contribution in [2.45, 2.75) is 26.3 Å². The summed E-state index contributed by atoms with van der Waals surface area (Å²) < 4.78 is 4.19. The highest BCUT2D eigenvalue weighted by Crippen LogP contribution is 2.22. The first kappa shape index (κ1) is 9.80. The SMILES string of the molecule is CCC(C)n1ccc2ncsc2c1=S. The van der Waals surface area contributed by atoms with Crippen molar-refractivity contribution in [2.24, 2.45) is 0 Å². The number of fused-ring (bicyclic) bond motifs is 1. The summed E-state index contributed by atoms with van der Waals surface area (Å²) in [5.74, 6) is 0. The van der Waals surface area contributed by atoms with Crippen molar-refractivity contribution in [3.05, 3.63) is 22.4 Å². The van der Waals surface area contributed by atoms with Crippen LogP contribution in [0.5, 0.6) is 0 Å². The lowest BCUT2D eigenvalue weighted by molar-refractivity contribution is 0.525. The number of pyridine rings is 1. The van der Waals surface area contributed by atoms with Crippen LogP contribution in [0.2, 0.25) is 0 Å². The van der Waals surface area contributed by atoms with Crippen molar-refractivity contribution in [1.82, 2.24) is 9.55 Å². The first-order chi connectivity index (χ1) is 6.74. The quantitative estimate of drug-likeness (QED) is 0.722. The van der Waals surface area contributed by atoms with Crippen molar-refractivity contribution < 1.29 is 0 Å². The Morgan fingerprint density at radius 2 is 2.43 bits per heavy atom. The minimum atomic E-state index is 0.467. The molecule has 0 aromatic carbocycles. The molecule has 0 spiro atoms. The largest absolute Gasteiger partial charge is 0.335 e. The second-order valence-electron chi connectivity index (χ2n) is 3.35. The molecule has 0 fully saturated rings. The van der Waals surface area contributed by atoms with E-state index >= 15 is 0 Å². The van der Waals surface area contributed by atoms with Crippen LogP contribution in [-0.2, 0) is 0 Å². The Morgan fingerprint density at radius 1 is 1.64 bits per heavy atom. The predicted octanol–water partition coefficient (Wildman–Crippen LogP) is 3.80. The van der Waals surface area contributed by atoms with Gasteiger partial charge in [0.1, 0.15) is 4.64 Å². The summed E-state index contributed by atoms with van der Waals surface area (Å²) in [6.07, 6.45) is 3.14. The molecule has 0 aliphatic carbocycles. The van der Waals surface area contributed by atoms with E-state index in [1.165, 1.54) is 0 Å². The standard InChI is InChI=1S/C10H12N2S2/c1-3-7(2)12-5-4-8-9(10(12)13)14-6-11-8/h4-7H,3H2,1-2H3. The van der Waals surface area contributed by atoms with Crippen molar-refractivity contribution in [3.63, 3.8) is 0 Å². The van der Waals surface area contributed by atoms with Gasteiger partial charge in [0.05, 0.1) is 15.7 Å². The van der Waals surface area contributed by atoms with E-state index in [4.69, 9.17) is 12.2 Å². The van der Waals surface area contributed by atoms with Gasteiger partial charge in [-0.25, -0.2) is 4.98 Å². The van der Waals surface area contributed by atoms with Crippen molar-refractivity contribution in [2.75, 3.05) is 0 Å². The molecular weight excluding hydrogens is 212 g/mol. The Balaban J connectivity index is 2.68. The Labute approximate surface area is 92.2 Å². The number of hydrogen-bond acceptors (Lipinski definition) is 3. The molecular formula is C10H12N2S2. The van der Waals surface area contributed by atoms with E-state index in [0.717, 1.165) is 21.3 Å². The van der Waals surface area contributed by atoms with Gasteiger partial charge in [0, 0.05) is 12.2 Å². The zero-order valence-corrected chi connectivity index (χ0v) is 9.86. The maximum absolute atomic E-state index is 5.42. The fraction of sp³-hybridized carbons (Fsp3) is 0.400. The van der Waals surface area contributed by atoms with Crippen LogP contribution in [0.1, 0.15) is 26.3 Å². The van der Waals surface area contributed by atoms with E-state index in [-0.39, 0.29) is 0 Å². The minimum Gasteiger partial charge on any atom is -0.335 e. The molecule has 2 rings (SSSR count). The van der Waals surface area contributed by atoms with E-state index in [9.17, 15) is 0 Å². The highest BCUT2D eigenvalue weighted by atomic mass is 32.1. The summed E-state index contributed by atoms with van der Waals surface area (Å²) in [5, 5.41) is 0. The highest BCUT2D eigenvalue weighted by molar-refractivity contribution is 7.71. The first-order valence-corrected chi connectivity index (χ1v) is 5.97. The lowest BCUT2D eigenvalue weighted by atomic mass is 10.2. The average molecular weight is 224 g/mol. The maximum Gasteiger partial charge on any atom is 0.125 e. The van der Waals surface area contributed by atoms with E-state index in [2.05, 4.69) is 23.4 Å². The van der Waals surface area contributed by atoms with Crippen LogP contribution in [-0.4, -0.2) is 9.55 Å². The molecule has 0 radical (unpaired) electrons. The zero-order valence-electron chi connectivity index (χ0n) is 8.23. The molecule has 0 bridgehead atoms. The van der Waals surface area contributed by atoms with Crippen LogP contribution in [0.3, 0.4) is 0 Å². The smallest absolute Gasteiger partial charge is 0.125 e. The number of hydrogen-bond donors (Lipinski definition) is 0. The Hall–Kier alpha value is -0.740. The number of thiazole rings is 1. The third-order valence-corrected chi connectivity index (χ3v) is 3.88. The molecule has 1 atom stereocenters. The zero-order chi connectivity index (χ0) is 10.1. The first-order valence-electron chi connectivity index (χ1n) is 4.68. The van der Waals surface area contributed by atoms with Gasteiger partial charge < -0.3 is 4.57 Å². The van der Waals surface area contributed by atoms with Crippen molar-refractivity contribution in [3.8, 4) is 0 Å². The molecule has 0 N–H and O–H groups in total. The van der Waals surface area contributed by atoms with Gasteiger partial charge in [0.2, 0.25) is 0 Å². The fourth-order valence-electron chi connectivity index (χ4n) is 1.41. The Kier molecular flexibility index (Phi) is 2.65. The molecule has 4 heteroatoms. The van der Waals surface area contributed by atoms with E-state index in [1.54, 1.807) is 11.3 Å². The third kappa shape index (κ3) is 1.48. The molecule has 74 valence electrons. The topological polar surface area (TPSA) is 17.8 Å². The lowest BCUT2D eigenvalue weighted by Gasteiger charge is -2.13. The molecule has 0 saturated heterocycles. The second kappa shape index (κ2) is 3.79. The fourth-order valence-corrected chi connectivity index (χ4v) is 2.62. The summed E-state index contributed by atoms with van der Waals surface area (Å²) in [5.41, 5.74) is 2.86. The van der Waals surface area contributed by atoms with Gasteiger partial charge >= 0.3 is 0 Å². The van der Waals surface area contributed by atoms with Crippen LogP contribution in [0.25, 0.3) is 10.2 Å². The molecule has 2 aromatic heterocycles. The summed E-state index contributed by atoms with van der Waals surface area (Å²) in [6.45, 7) is 4.35. The minimum absolute atomic E-state index is 0.467. The van der Waals surface area contributed by atoms with Gasteiger partial charge in [-0.3, -0.25) is 0 Å². The number of nitrogens with zero attached hydrogens (tertiary/aromatic N) is 2. The van der Waals surface area contributed by atoms with Gasteiger partial charge in [-0.05, 0) is 19.4 Å². The molecule has 1 unspecified atom stereocenters. The van der Waals surface area contributed by atoms with Crippen LogP contribution >= 0.6 is 23.6 Å². The van der Waals surface area contributed by atoms with Crippen molar-refractivity contribution in [1.29, 1.82) is 0 Å². The molecule has 0 aliphatic heterocycles. The molecule has 0 aliphatic rings. The van der Waals surface area contributed by atoms with Crippen LogP contribution in [0, 0.1) is 4.64 Å². The average Bonchev–Trinajstić information content (AvgIpc) is 2.66. The van der Waals surface area contributed by atoms with Crippen LogP contribution < -0.4 is 0 Å². The summed E-state index contributed by atoms with van der Waals surface area (Å²) >= 11 is 7.04. The van der Waals surface area contributed by atoms with Gasteiger partial charge in [-0.1, -0.05) is 19.1 Å². The van der Waals surface area contributed by atoms with Crippen LogP contribution in [0.15, 0.2) is 17.8 Å². The lowest BCUT2D eigenvalue weighted by Crippen LogP contribution is -2.04.